The molecule has 0 radical (unpaired) electrons. The maximum atomic E-state index is 11.9. The fourth-order valence-electron chi connectivity index (χ4n) is 1.45. The van der Waals surface area contributed by atoms with Crippen molar-refractivity contribution < 1.29 is 13.2 Å². The summed E-state index contributed by atoms with van der Waals surface area (Å²) >= 11 is 5.97. The average molecular weight is 317 g/mol. The smallest absolute Gasteiger partial charge is 0.232 e. The van der Waals surface area contributed by atoms with E-state index in [1.165, 1.54) is 7.11 Å². The van der Waals surface area contributed by atoms with Crippen LogP contribution in [0.5, 0.6) is 0 Å². The van der Waals surface area contributed by atoms with Crippen molar-refractivity contribution >= 4 is 27.3 Å². The van der Waals surface area contributed by atoms with Gasteiger partial charge in [0.15, 0.2) is 0 Å². The molecule has 0 unspecified atom stereocenters. The first kappa shape index (κ1) is 16.8. The van der Waals surface area contributed by atoms with Crippen LogP contribution in [0.25, 0.3) is 0 Å². The van der Waals surface area contributed by atoms with Crippen LogP contribution >= 0.6 is 11.6 Å². The number of hydrogen-bond donors (Lipinski definition) is 2. The first-order chi connectivity index (χ1) is 9.48. The van der Waals surface area contributed by atoms with Crippen molar-refractivity contribution in [2.75, 3.05) is 30.7 Å². The Hall–Kier alpha value is -1.26. The molecule has 0 saturated heterocycles. The molecule has 0 bridgehead atoms. The molecule has 0 amide bonds. The lowest BCUT2D eigenvalue weighted by Gasteiger charge is -2.09. The molecule has 1 aromatic carbocycles. The number of sulfonamides is 1. The Bertz CT molecular complexity index is 606. The van der Waals surface area contributed by atoms with Crippen LogP contribution in [0.2, 0.25) is 5.02 Å². The van der Waals surface area contributed by atoms with E-state index in [2.05, 4.69) is 16.6 Å². The minimum Gasteiger partial charge on any atom is -0.385 e. The van der Waals surface area contributed by atoms with Crippen LogP contribution in [0, 0.1) is 11.8 Å². The number of benzene rings is 1. The zero-order valence-corrected chi connectivity index (χ0v) is 12.7. The summed E-state index contributed by atoms with van der Waals surface area (Å²) in [5.74, 6) is 5.49. The molecule has 0 atom stereocenters. The lowest BCUT2D eigenvalue weighted by Crippen LogP contribution is -2.18. The van der Waals surface area contributed by atoms with Gasteiger partial charge < -0.3 is 10.5 Å². The summed E-state index contributed by atoms with van der Waals surface area (Å²) in [6, 6.07) is 4.88. The quantitative estimate of drug-likeness (QED) is 0.614. The van der Waals surface area contributed by atoms with Crippen molar-refractivity contribution in [3.63, 3.8) is 0 Å². The van der Waals surface area contributed by atoms with Gasteiger partial charge in [-0.25, -0.2) is 8.42 Å². The maximum absolute atomic E-state index is 11.9. The predicted octanol–water partition coefficient (Wildman–Crippen LogP) is 1.43. The molecule has 0 aliphatic heterocycles. The number of anilines is 1. The highest BCUT2D eigenvalue weighted by molar-refractivity contribution is 7.92. The monoisotopic (exact) mass is 316 g/mol. The molecular formula is C13H17ClN2O3S. The molecular weight excluding hydrogens is 300 g/mol. The fraction of sp³-hybridized carbons (Fsp3) is 0.385. The van der Waals surface area contributed by atoms with E-state index in [4.69, 9.17) is 22.1 Å². The molecule has 110 valence electrons. The molecule has 0 aliphatic rings. The van der Waals surface area contributed by atoms with Crippen LogP contribution in [0.3, 0.4) is 0 Å². The minimum absolute atomic E-state index is 0.0319. The highest BCUT2D eigenvalue weighted by Crippen LogP contribution is 2.24. The van der Waals surface area contributed by atoms with Crippen molar-refractivity contribution in [3.05, 3.63) is 28.8 Å². The lowest BCUT2D eigenvalue weighted by atomic mass is 10.2. The first-order valence-electron chi connectivity index (χ1n) is 5.96. The number of nitrogens with two attached hydrogens (primary N) is 1. The Morgan fingerprint density at radius 2 is 2.20 bits per heavy atom. The third-order valence-electron chi connectivity index (χ3n) is 2.33. The summed E-state index contributed by atoms with van der Waals surface area (Å²) in [5, 5.41) is 0.318. The summed E-state index contributed by atoms with van der Waals surface area (Å²) < 4.78 is 31.0. The van der Waals surface area contributed by atoms with Crippen molar-refractivity contribution in [2.24, 2.45) is 5.73 Å². The molecule has 0 spiro atoms. The molecule has 0 fully saturated rings. The third-order valence-corrected chi connectivity index (χ3v) is 4.01. The van der Waals surface area contributed by atoms with Gasteiger partial charge in [0.2, 0.25) is 10.0 Å². The lowest BCUT2D eigenvalue weighted by molar-refractivity contribution is 0.199. The second-order valence-corrected chi connectivity index (χ2v) is 6.22. The van der Waals surface area contributed by atoms with Crippen molar-refractivity contribution in [3.8, 4) is 11.8 Å². The van der Waals surface area contributed by atoms with Crippen LogP contribution < -0.4 is 10.5 Å². The molecule has 20 heavy (non-hydrogen) atoms. The number of rotatable bonds is 6. The fourth-order valence-corrected chi connectivity index (χ4v) is 2.77. The molecule has 0 aromatic heterocycles. The van der Waals surface area contributed by atoms with Gasteiger partial charge in [0.1, 0.15) is 0 Å². The van der Waals surface area contributed by atoms with Crippen LogP contribution in [-0.2, 0) is 14.8 Å². The normalized spacial score (nSPS) is 10.8. The summed E-state index contributed by atoms with van der Waals surface area (Å²) in [5.41, 5.74) is 6.25. The average Bonchev–Trinajstić information content (AvgIpc) is 2.39. The zero-order chi connectivity index (χ0) is 15.0. The Balaban J connectivity index is 2.85. The van der Waals surface area contributed by atoms with E-state index in [0.717, 1.165) is 0 Å². The van der Waals surface area contributed by atoms with Gasteiger partial charge in [-0.2, -0.15) is 0 Å². The van der Waals surface area contributed by atoms with Crippen LogP contribution in [0.4, 0.5) is 5.69 Å². The third kappa shape index (κ3) is 5.80. The number of nitrogens with one attached hydrogen (secondary N) is 1. The van der Waals surface area contributed by atoms with Crippen LogP contribution in [0.1, 0.15) is 12.0 Å². The van der Waals surface area contributed by atoms with Crippen molar-refractivity contribution in [1.82, 2.24) is 0 Å². The largest absolute Gasteiger partial charge is 0.385 e. The Morgan fingerprint density at radius 1 is 1.45 bits per heavy atom. The molecule has 0 heterocycles. The summed E-state index contributed by atoms with van der Waals surface area (Å²) in [6.07, 6.45) is 0.413. The molecule has 1 aromatic rings. The van der Waals surface area contributed by atoms with E-state index >= 15 is 0 Å². The van der Waals surface area contributed by atoms with Crippen LogP contribution in [0.15, 0.2) is 18.2 Å². The van der Waals surface area contributed by atoms with Gasteiger partial charge in [-0.05, 0) is 24.6 Å². The molecule has 0 aliphatic carbocycles. The van der Waals surface area contributed by atoms with Crippen molar-refractivity contribution in [1.29, 1.82) is 0 Å². The Morgan fingerprint density at radius 3 is 2.85 bits per heavy atom. The first-order valence-corrected chi connectivity index (χ1v) is 7.99. The van der Waals surface area contributed by atoms with Gasteiger partial charge in [-0.15, -0.1) is 0 Å². The number of methoxy groups -OCH3 is 1. The Kier molecular flexibility index (Phi) is 6.82. The molecule has 1 rings (SSSR count). The van der Waals surface area contributed by atoms with Crippen LogP contribution in [-0.4, -0.2) is 34.4 Å². The second-order valence-electron chi connectivity index (χ2n) is 3.97. The van der Waals surface area contributed by atoms with Gasteiger partial charge in [-0.3, -0.25) is 4.72 Å². The van der Waals surface area contributed by atoms with E-state index in [0.29, 0.717) is 29.3 Å². The zero-order valence-electron chi connectivity index (χ0n) is 11.1. The van der Waals surface area contributed by atoms with E-state index in [1.807, 2.05) is 0 Å². The van der Waals surface area contributed by atoms with Crippen molar-refractivity contribution in [2.45, 2.75) is 6.42 Å². The number of hydrogen-bond acceptors (Lipinski definition) is 4. The molecule has 7 heteroatoms. The van der Waals surface area contributed by atoms with E-state index < -0.39 is 10.0 Å². The molecule has 0 saturated carbocycles. The minimum atomic E-state index is -3.45. The van der Waals surface area contributed by atoms with E-state index in [9.17, 15) is 8.42 Å². The van der Waals surface area contributed by atoms with Gasteiger partial charge >= 0.3 is 0 Å². The Labute approximate surface area is 124 Å². The molecule has 3 N–H and O–H groups in total. The van der Waals surface area contributed by atoms with Gasteiger partial charge in [0, 0.05) is 19.3 Å². The summed E-state index contributed by atoms with van der Waals surface area (Å²) in [4.78, 5) is 0. The second kappa shape index (κ2) is 8.12. The van der Waals surface area contributed by atoms with Gasteiger partial charge in [0.05, 0.1) is 23.0 Å². The predicted molar refractivity (Wildman–Crippen MR) is 81.3 cm³/mol. The topological polar surface area (TPSA) is 81.4 Å². The van der Waals surface area contributed by atoms with Gasteiger partial charge in [0.25, 0.3) is 0 Å². The number of ether oxygens (including phenoxy) is 1. The summed E-state index contributed by atoms with van der Waals surface area (Å²) in [7, 11) is -1.93. The summed E-state index contributed by atoms with van der Waals surface area (Å²) in [6.45, 7) is 0.622. The van der Waals surface area contributed by atoms with Gasteiger partial charge in [-0.1, -0.05) is 23.4 Å². The maximum Gasteiger partial charge on any atom is 0.232 e. The SMILES string of the molecule is COCCCS(=O)(=O)Nc1cc(C#CCN)ccc1Cl. The molecule has 5 nitrogen and oxygen atoms in total. The highest BCUT2D eigenvalue weighted by Gasteiger charge is 2.12. The highest BCUT2D eigenvalue weighted by atomic mass is 35.5. The standard InChI is InChI=1S/C13H17ClN2O3S/c1-19-8-3-9-20(17,18)16-13-10-11(4-2-7-15)5-6-12(13)14/h5-6,10,16H,3,7-9,15H2,1H3. The number of halogens is 1. The van der Waals surface area contributed by atoms with E-state index in [-0.39, 0.29) is 12.3 Å². The van der Waals surface area contributed by atoms with E-state index in [1.54, 1.807) is 18.2 Å².